The van der Waals surface area contributed by atoms with Crippen molar-refractivity contribution in [3.05, 3.63) is 35.4 Å². The fraction of sp³-hybridized carbons (Fsp3) is 0.562. The number of rotatable bonds is 7. The maximum atomic E-state index is 14.8. The molecule has 2 unspecified atom stereocenters. The third kappa shape index (κ3) is 5.08. The number of halogens is 4. The number of hydrogen-bond donors (Lipinski definition) is 2. The fourth-order valence-electron chi connectivity index (χ4n) is 2.06. The molecule has 9 heteroatoms. The van der Waals surface area contributed by atoms with E-state index in [-0.39, 0.29) is 0 Å². The van der Waals surface area contributed by atoms with Gasteiger partial charge in [-0.3, -0.25) is 0 Å². The minimum atomic E-state index is -2.55. The standard InChI is InChI=1S/C16H21F4NO3S/c1-15(2,3)25(24)21-16(4,12(19)8-11(18)14(22)23)9-6-5-7-10(17)13(9)20/h5-7,11-12,21H,8H2,1-4H3,(H,22,23)/t11?,12-,16+,25?/m0/s1. The molecule has 0 heterocycles. The maximum absolute atomic E-state index is 14.8. The van der Waals surface area contributed by atoms with Crippen LogP contribution in [0.3, 0.4) is 0 Å². The molecule has 0 saturated carbocycles. The number of carbonyl (C=O) groups is 1. The predicted molar refractivity (Wildman–Crippen MR) is 86.8 cm³/mol. The molecule has 4 atom stereocenters. The van der Waals surface area contributed by atoms with Crippen LogP contribution in [0.4, 0.5) is 17.6 Å². The van der Waals surface area contributed by atoms with E-state index in [2.05, 4.69) is 4.72 Å². The van der Waals surface area contributed by atoms with Gasteiger partial charge < -0.3 is 9.66 Å². The third-order valence-corrected chi connectivity index (χ3v) is 5.40. The van der Waals surface area contributed by atoms with Crippen LogP contribution in [0.25, 0.3) is 0 Å². The van der Waals surface area contributed by atoms with Crippen molar-refractivity contribution in [3.63, 3.8) is 0 Å². The first-order chi connectivity index (χ1) is 11.3. The van der Waals surface area contributed by atoms with Crippen LogP contribution in [0.1, 0.15) is 39.7 Å². The normalized spacial score (nSPS) is 18.3. The third-order valence-electron chi connectivity index (χ3n) is 3.68. The zero-order valence-corrected chi connectivity index (χ0v) is 15.1. The second kappa shape index (κ2) is 7.92. The summed E-state index contributed by atoms with van der Waals surface area (Å²) in [5, 5.41) is 8.62. The summed E-state index contributed by atoms with van der Waals surface area (Å²) in [7, 11) is 0. The highest BCUT2D eigenvalue weighted by Crippen LogP contribution is 2.35. The van der Waals surface area contributed by atoms with Crippen LogP contribution < -0.4 is 4.72 Å². The van der Waals surface area contributed by atoms with Gasteiger partial charge in [0.15, 0.2) is 17.8 Å². The summed E-state index contributed by atoms with van der Waals surface area (Å²) in [6, 6.07) is 3.03. The van der Waals surface area contributed by atoms with Crippen molar-refractivity contribution in [1.82, 2.24) is 4.72 Å². The van der Waals surface area contributed by atoms with Gasteiger partial charge in [0.1, 0.15) is 16.5 Å². The molecule has 0 aliphatic carbocycles. The molecule has 0 radical (unpaired) electrons. The van der Waals surface area contributed by atoms with Crippen molar-refractivity contribution in [1.29, 1.82) is 0 Å². The second-order valence-electron chi connectivity index (χ2n) is 6.80. The molecule has 0 saturated heterocycles. The van der Waals surface area contributed by atoms with E-state index in [0.29, 0.717) is 0 Å². The van der Waals surface area contributed by atoms with Gasteiger partial charge in [-0.25, -0.2) is 22.4 Å². The number of carboxylic acid groups (broad SMARTS) is 1. The molecule has 25 heavy (non-hydrogen) atoms. The first-order valence-corrected chi connectivity index (χ1v) is 8.60. The lowest BCUT2D eigenvalue weighted by Gasteiger charge is -2.37. The van der Waals surface area contributed by atoms with Crippen LogP contribution in [0, 0.1) is 11.6 Å². The average Bonchev–Trinajstić information content (AvgIpc) is 2.48. The van der Waals surface area contributed by atoms with Crippen LogP contribution >= 0.6 is 0 Å². The molecule has 142 valence electrons. The van der Waals surface area contributed by atoms with Gasteiger partial charge in [0.05, 0.1) is 0 Å². The Balaban J connectivity index is 3.35. The number of aliphatic carboxylic acids is 1. The summed E-state index contributed by atoms with van der Waals surface area (Å²) in [4.78, 5) is 10.6. The summed E-state index contributed by atoms with van der Waals surface area (Å²) in [5.74, 6) is -4.51. The summed E-state index contributed by atoms with van der Waals surface area (Å²) in [5.41, 5.74) is -2.61. The molecule has 2 N–H and O–H groups in total. The molecule has 0 aromatic heterocycles. The summed E-state index contributed by atoms with van der Waals surface area (Å²) in [6.07, 6.45) is -5.95. The van der Waals surface area contributed by atoms with Gasteiger partial charge in [-0.15, -0.1) is 4.72 Å². The van der Waals surface area contributed by atoms with Crippen molar-refractivity contribution in [2.45, 2.75) is 56.7 Å². The fourth-order valence-corrected chi connectivity index (χ4v) is 2.99. The Morgan fingerprint density at radius 3 is 2.32 bits per heavy atom. The Kier molecular flexibility index (Phi) is 6.88. The second-order valence-corrected chi connectivity index (χ2v) is 8.76. The van der Waals surface area contributed by atoms with Crippen molar-refractivity contribution in [2.24, 2.45) is 0 Å². The average molecular weight is 383 g/mol. The van der Waals surface area contributed by atoms with Gasteiger partial charge in [-0.1, -0.05) is 12.1 Å². The van der Waals surface area contributed by atoms with Crippen LogP contribution in [0.2, 0.25) is 0 Å². The molecule has 0 amide bonds. The van der Waals surface area contributed by atoms with Crippen LogP contribution in [-0.2, 0) is 21.7 Å². The topological polar surface area (TPSA) is 72.4 Å². The van der Waals surface area contributed by atoms with Gasteiger partial charge in [-0.2, -0.15) is 0 Å². The number of benzene rings is 1. The van der Waals surface area contributed by atoms with E-state index in [0.717, 1.165) is 25.1 Å². The molecule has 0 bridgehead atoms. The molecule has 0 aliphatic heterocycles. The maximum Gasteiger partial charge on any atom is 0.338 e. The molecule has 0 aliphatic rings. The Hall–Kier alpha value is -1.32. The van der Waals surface area contributed by atoms with Crippen LogP contribution in [-0.4, -0.2) is 32.7 Å². The van der Waals surface area contributed by atoms with Gasteiger partial charge in [-0.05, 0) is 33.8 Å². The minimum Gasteiger partial charge on any atom is -0.598 e. The van der Waals surface area contributed by atoms with Gasteiger partial charge in [0, 0.05) is 23.3 Å². The van der Waals surface area contributed by atoms with E-state index in [9.17, 15) is 26.9 Å². The highest BCUT2D eigenvalue weighted by molar-refractivity contribution is 7.90. The summed E-state index contributed by atoms with van der Waals surface area (Å²) >= 11 is -1.92. The van der Waals surface area contributed by atoms with E-state index in [1.807, 2.05) is 0 Å². The zero-order chi connectivity index (χ0) is 19.6. The molecule has 4 nitrogen and oxygen atoms in total. The van der Waals surface area contributed by atoms with Crippen molar-refractivity contribution < 1.29 is 32.0 Å². The summed E-state index contributed by atoms with van der Waals surface area (Å²) in [6.45, 7) is 5.80. The Bertz CT molecular complexity index is 626. The quantitative estimate of drug-likeness (QED) is 0.559. The highest BCUT2D eigenvalue weighted by Gasteiger charge is 2.46. The van der Waals surface area contributed by atoms with Gasteiger partial charge in [0.25, 0.3) is 0 Å². The summed E-state index contributed by atoms with van der Waals surface area (Å²) < 4.78 is 69.9. The van der Waals surface area contributed by atoms with E-state index >= 15 is 0 Å². The molecule has 0 spiro atoms. The molecule has 0 fully saturated rings. The highest BCUT2D eigenvalue weighted by atomic mass is 32.2. The minimum absolute atomic E-state index is 0.504. The molecular formula is C16H21F4NO3S. The van der Waals surface area contributed by atoms with Crippen molar-refractivity contribution in [3.8, 4) is 0 Å². The Morgan fingerprint density at radius 1 is 1.28 bits per heavy atom. The molecule has 1 aromatic rings. The first-order valence-electron chi connectivity index (χ1n) is 7.45. The molecule has 1 rings (SSSR count). The number of alkyl halides is 2. The first kappa shape index (κ1) is 21.7. The van der Waals surface area contributed by atoms with E-state index in [4.69, 9.17) is 5.11 Å². The van der Waals surface area contributed by atoms with E-state index in [1.54, 1.807) is 20.8 Å². The van der Waals surface area contributed by atoms with Gasteiger partial charge in [0.2, 0.25) is 0 Å². The molecular weight excluding hydrogens is 362 g/mol. The monoisotopic (exact) mass is 383 g/mol. The SMILES string of the molecule is CC(C)(C)[S+]([O-])N[C@](C)(c1cccc(F)c1F)[C@@H](F)CC(F)C(=O)O. The van der Waals surface area contributed by atoms with Crippen LogP contribution in [0.5, 0.6) is 0 Å². The van der Waals surface area contributed by atoms with Gasteiger partial charge >= 0.3 is 5.97 Å². The van der Waals surface area contributed by atoms with Crippen LogP contribution in [0.15, 0.2) is 18.2 Å². The predicted octanol–water partition coefficient (Wildman–Crippen LogP) is 3.38. The largest absolute Gasteiger partial charge is 0.598 e. The number of hydrogen-bond acceptors (Lipinski definition) is 3. The number of nitrogens with one attached hydrogen (secondary N) is 1. The van der Waals surface area contributed by atoms with Crippen molar-refractivity contribution >= 4 is 17.3 Å². The lowest BCUT2D eigenvalue weighted by molar-refractivity contribution is -0.143. The lowest BCUT2D eigenvalue weighted by Crippen LogP contribution is -2.55. The van der Waals surface area contributed by atoms with E-state index < -0.39 is 63.6 Å². The zero-order valence-electron chi connectivity index (χ0n) is 14.3. The van der Waals surface area contributed by atoms with E-state index in [1.165, 1.54) is 0 Å². The smallest absolute Gasteiger partial charge is 0.338 e. The molecule has 1 aromatic carbocycles. The Labute approximate surface area is 146 Å². The Morgan fingerprint density at radius 2 is 1.84 bits per heavy atom. The lowest BCUT2D eigenvalue weighted by atomic mass is 9.85. The van der Waals surface area contributed by atoms with Crippen molar-refractivity contribution in [2.75, 3.05) is 0 Å². The number of carboxylic acids is 1.